The van der Waals surface area contributed by atoms with Crippen molar-refractivity contribution in [2.24, 2.45) is 0 Å². The summed E-state index contributed by atoms with van der Waals surface area (Å²) in [4.78, 5) is 23.8. The monoisotopic (exact) mass is 436 g/mol. The highest BCUT2D eigenvalue weighted by Crippen LogP contribution is 2.20. The van der Waals surface area contributed by atoms with Gasteiger partial charge in [0.25, 0.3) is 15.9 Å². The molecule has 0 unspecified atom stereocenters. The molecule has 0 aromatic heterocycles. The molecule has 31 heavy (non-hydrogen) atoms. The Morgan fingerprint density at radius 1 is 0.742 bits per heavy atom. The van der Waals surface area contributed by atoms with Gasteiger partial charge in [-0.05, 0) is 66.9 Å². The molecule has 0 fully saturated rings. The van der Waals surface area contributed by atoms with E-state index in [1.54, 1.807) is 12.1 Å². The van der Waals surface area contributed by atoms with Crippen LogP contribution >= 0.6 is 0 Å². The van der Waals surface area contributed by atoms with Gasteiger partial charge in [0, 0.05) is 22.5 Å². The van der Waals surface area contributed by atoms with Gasteiger partial charge in [-0.2, -0.15) is 0 Å². The number of sulfonamides is 1. The lowest BCUT2D eigenvalue weighted by molar-refractivity contribution is 0.101. The molecule has 1 amide bonds. The SMILES string of the molecule is CC(=O)c1ccc(S(=O)(=O)Nc2ccc(C(=O)Nc3ccc(C(C)C)cc3)cc2)cc1. The van der Waals surface area contributed by atoms with E-state index in [1.807, 2.05) is 24.3 Å². The smallest absolute Gasteiger partial charge is 0.261 e. The second-order valence-electron chi connectivity index (χ2n) is 7.49. The van der Waals surface area contributed by atoms with Crippen LogP contribution in [0.1, 0.15) is 53.0 Å². The van der Waals surface area contributed by atoms with Crippen LogP contribution in [0, 0.1) is 0 Å². The summed E-state index contributed by atoms with van der Waals surface area (Å²) in [5, 5.41) is 2.83. The predicted octanol–water partition coefficient (Wildman–Crippen LogP) is 5.07. The van der Waals surface area contributed by atoms with Crippen molar-refractivity contribution in [1.82, 2.24) is 0 Å². The standard InChI is InChI=1S/C24H24N2O4S/c1-16(2)18-4-10-21(11-5-18)25-24(28)20-6-12-22(13-7-20)26-31(29,30)23-14-8-19(9-15-23)17(3)27/h4-16,26H,1-3H3,(H,25,28). The highest BCUT2D eigenvalue weighted by Gasteiger charge is 2.15. The van der Waals surface area contributed by atoms with Gasteiger partial charge in [0.15, 0.2) is 5.78 Å². The molecule has 3 aromatic carbocycles. The van der Waals surface area contributed by atoms with E-state index in [0.29, 0.717) is 28.4 Å². The van der Waals surface area contributed by atoms with E-state index in [0.717, 1.165) is 0 Å². The zero-order valence-corrected chi connectivity index (χ0v) is 18.4. The van der Waals surface area contributed by atoms with Crippen molar-refractivity contribution >= 4 is 33.1 Å². The van der Waals surface area contributed by atoms with Gasteiger partial charge in [0.05, 0.1) is 4.90 Å². The molecule has 0 atom stereocenters. The first-order valence-corrected chi connectivity index (χ1v) is 11.3. The Hall–Kier alpha value is -3.45. The summed E-state index contributed by atoms with van der Waals surface area (Å²) in [6.07, 6.45) is 0. The maximum Gasteiger partial charge on any atom is 0.261 e. The fourth-order valence-corrected chi connectivity index (χ4v) is 3.99. The van der Waals surface area contributed by atoms with Gasteiger partial charge in [-0.1, -0.05) is 38.1 Å². The van der Waals surface area contributed by atoms with Crippen LogP contribution < -0.4 is 10.0 Å². The maximum atomic E-state index is 12.5. The van der Waals surface area contributed by atoms with E-state index in [1.165, 1.54) is 48.9 Å². The summed E-state index contributed by atoms with van der Waals surface area (Å²) < 4.78 is 27.6. The molecule has 0 heterocycles. The number of benzene rings is 3. The number of amides is 1. The molecule has 0 bridgehead atoms. The topological polar surface area (TPSA) is 92.3 Å². The van der Waals surface area contributed by atoms with Crippen molar-refractivity contribution in [3.8, 4) is 0 Å². The van der Waals surface area contributed by atoms with Crippen LogP contribution in [-0.2, 0) is 10.0 Å². The summed E-state index contributed by atoms with van der Waals surface area (Å²) in [6.45, 7) is 5.62. The minimum atomic E-state index is -3.81. The largest absolute Gasteiger partial charge is 0.322 e. The second-order valence-corrected chi connectivity index (χ2v) is 9.18. The van der Waals surface area contributed by atoms with Gasteiger partial charge in [-0.25, -0.2) is 8.42 Å². The number of hydrogen-bond donors (Lipinski definition) is 2. The minimum absolute atomic E-state index is 0.0455. The van der Waals surface area contributed by atoms with E-state index in [-0.39, 0.29) is 16.6 Å². The maximum absolute atomic E-state index is 12.5. The van der Waals surface area contributed by atoms with Crippen molar-refractivity contribution in [2.45, 2.75) is 31.6 Å². The molecule has 0 aliphatic rings. The summed E-state index contributed by atoms with van der Waals surface area (Å²) in [5.74, 6) is -0.0127. The Morgan fingerprint density at radius 2 is 1.26 bits per heavy atom. The molecule has 0 saturated heterocycles. The Bertz CT molecular complexity index is 1180. The van der Waals surface area contributed by atoms with Crippen molar-refractivity contribution < 1.29 is 18.0 Å². The van der Waals surface area contributed by atoms with Crippen LogP contribution in [0.15, 0.2) is 77.7 Å². The Morgan fingerprint density at radius 3 is 1.77 bits per heavy atom. The lowest BCUT2D eigenvalue weighted by Gasteiger charge is -2.10. The highest BCUT2D eigenvalue weighted by atomic mass is 32.2. The summed E-state index contributed by atoms with van der Waals surface area (Å²) in [5.41, 5.74) is 3.04. The normalized spacial score (nSPS) is 11.2. The van der Waals surface area contributed by atoms with Gasteiger partial charge >= 0.3 is 0 Å². The first-order valence-electron chi connectivity index (χ1n) is 9.81. The summed E-state index contributed by atoms with van der Waals surface area (Å²) >= 11 is 0. The number of ketones is 1. The van der Waals surface area contributed by atoms with E-state index >= 15 is 0 Å². The average molecular weight is 437 g/mol. The molecule has 0 radical (unpaired) electrons. The third-order valence-corrected chi connectivity index (χ3v) is 6.20. The van der Waals surface area contributed by atoms with Crippen LogP contribution in [-0.4, -0.2) is 20.1 Å². The quantitative estimate of drug-likeness (QED) is 0.506. The molecule has 3 aromatic rings. The molecule has 0 aliphatic carbocycles. The first kappa shape index (κ1) is 22.2. The number of anilines is 2. The van der Waals surface area contributed by atoms with E-state index in [9.17, 15) is 18.0 Å². The zero-order valence-electron chi connectivity index (χ0n) is 17.5. The second kappa shape index (κ2) is 9.14. The molecule has 160 valence electrons. The van der Waals surface area contributed by atoms with Gasteiger partial charge < -0.3 is 5.32 Å². The Labute approximate surface area is 182 Å². The Kier molecular flexibility index (Phi) is 6.56. The summed E-state index contributed by atoms with van der Waals surface area (Å²) in [7, 11) is -3.81. The van der Waals surface area contributed by atoms with Crippen molar-refractivity contribution in [3.05, 3.63) is 89.5 Å². The molecule has 3 rings (SSSR count). The third kappa shape index (κ3) is 5.58. The van der Waals surface area contributed by atoms with Crippen molar-refractivity contribution in [2.75, 3.05) is 10.0 Å². The molecule has 0 spiro atoms. The minimum Gasteiger partial charge on any atom is -0.322 e. The number of carbonyl (C=O) groups is 2. The van der Waals surface area contributed by atoms with Crippen LogP contribution in [0.5, 0.6) is 0 Å². The highest BCUT2D eigenvalue weighted by molar-refractivity contribution is 7.92. The van der Waals surface area contributed by atoms with Gasteiger partial charge in [-0.3, -0.25) is 14.3 Å². The molecule has 0 aliphatic heterocycles. The van der Waals surface area contributed by atoms with E-state index in [4.69, 9.17) is 0 Å². The van der Waals surface area contributed by atoms with Crippen molar-refractivity contribution in [3.63, 3.8) is 0 Å². The first-order chi connectivity index (χ1) is 14.7. The van der Waals surface area contributed by atoms with E-state index < -0.39 is 10.0 Å². The number of Topliss-reactive ketones (excluding diaryl/α,β-unsaturated/α-hetero) is 1. The fourth-order valence-electron chi connectivity index (χ4n) is 2.93. The Balaban J connectivity index is 1.67. The predicted molar refractivity (Wildman–Crippen MR) is 122 cm³/mol. The molecular weight excluding hydrogens is 412 g/mol. The lowest BCUT2D eigenvalue weighted by Crippen LogP contribution is -2.14. The molecule has 6 nitrogen and oxygen atoms in total. The van der Waals surface area contributed by atoms with Crippen LogP contribution in [0.4, 0.5) is 11.4 Å². The molecule has 2 N–H and O–H groups in total. The van der Waals surface area contributed by atoms with Crippen molar-refractivity contribution in [1.29, 1.82) is 0 Å². The van der Waals surface area contributed by atoms with Gasteiger partial charge in [0.1, 0.15) is 0 Å². The van der Waals surface area contributed by atoms with Gasteiger partial charge in [-0.15, -0.1) is 0 Å². The lowest BCUT2D eigenvalue weighted by atomic mass is 10.0. The number of carbonyl (C=O) groups excluding carboxylic acids is 2. The zero-order chi connectivity index (χ0) is 22.6. The number of nitrogens with one attached hydrogen (secondary N) is 2. The summed E-state index contributed by atoms with van der Waals surface area (Å²) in [6, 6.07) is 19.5. The molecular formula is C24H24N2O4S. The van der Waals surface area contributed by atoms with Crippen LogP contribution in [0.3, 0.4) is 0 Å². The number of rotatable bonds is 7. The third-order valence-electron chi connectivity index (χ3n) is 4.81. The van der Waals surface area contributed by atoms with Gasteiger partial charge in [0.2, 0.25) is 0 Å². The number of hydrogen-bond acceptors (Lipinski definition) is 4. The molecule has 7 heteroatoms. The van der Waals surface area contributed by atoms with Crippen LogP contribution in [0.2, 0.25) is 0 Å². The van der Waals surface area contributed by atoms with Crippen LogP contribution in [0.25, 0.3) is 0 Å². The van der Waals surface area contributed by atoms with E-state index in [2.05, 4.69) is 23.9 Å². The fraction of sp³-hybridized carbons (Fsp3) is 0.167. The molecule has 0 saturated carbocycles. The average Bonchev–Trinajstić information content (AvgIpc) is 2.74.